The number of methoxy groups -OCH3 is 1. The van der Waals surface area contributed by atoms with Crippen molar-refractivity contribution in [3.05, 3.63) is 22.8 Å². The molecule has 0 spiro atoms. The minimum Gasteiger partial charge on any atom is -0.481 e. The molecule has 1 rings (SSSR count). The molecule has 0 saturated carbocycles. The summed E-state index contributed by atoms with van der Waals surface area (Å²) in [5, 5.41) is 9.80. The zero-order valence-electron chi connectivity index (χ0n) is 8.33. The van der Waals surface area contributed by atoms with Gasteiger partial charge in [-0.15, -0.1) is 0 Å². The van der Waals surface area contributed by atoms with Crippen LogP contribution >= 0.6 is 11.6 Å². The second-order valence-corrected chi connectivity index (χ2v) is 3.58. The number of halogens is 1. The van der Waals surface area contributed by atoms with E-state index in [-0.39, 0.29) is 6.10 Å². The quantitative estimate of drug-likeness (QED) is 0.836. The lowest BCUT2D eigenvalue weighted by molar-refractivity contribution is 0.184. The molecule has 0 amide bonds. The molecule has 0 aliphatic rings. The van der Waals surface area contributed by atoms with Crippen LogP contribution in [-0.2, 0) is 6.42 Å². The highest BCUT2D eigenvalue weighted by Crippen LogP contribution is 2.25. The van der Waals surface area contributed by atoms with Crippen molar-refractivity contribution in [2.75, 3.05) is 7.11 Å². The Hall–Kier alpha value is -0.800. The highest BCUT2D eigenvalue weighted by molar-refractivity contribution is 6.31. The predicted octanol–water partition coefficient (Wildman–Crippen LogP) is 2.06. The van der Waals surface area contributed by atoms with Gasteiger partial charge in [0.1, 0.15) is 0 Å². The van der Waals surface area contributed by atoms with Gasteiger partial charge < -0.3 is 9.84 Å². The maximum Gasteiger partial charge on any atom is 0.217 e. The molecule has 0 aromatic carbocycles. The van der Waals surface area contributed by atoms with E-state index in [0.717, 1.165) is 5.56 Å². The summed E-state index contributed by atoms with van der Waals surface area (Å²) in [4.78, 5) is 4.05. The lowest BCUT2D eigenvalue weighted by Crippen LogP contribution is -2.03. The monoisotopic (exact) mass is 215 g/mol. The lowest BCUT2D eigenvalue weighted by atomic mass is 10.1. The van der Waals surface area contributed by atoms with Gasteiger partial charge in [-0.2, -0.15) is 0 Å². The molecule has 1 heterocycles. The molecule has 4 heteroatoms. The summed E-state index contributed by atoms with van der Waals surface area (Å²) in [7, 11) is 1.56. The first kappa shape index (κ1) is 11.3. The van der Waals surface area contributed by atoms with Gasteiger partial charge in [0.15, 0.2) is 0 Å². The predicted molar refractivity (Wildman–Crippen MR) is 55.8 cm³/mol. The summed E-state index contributed by atoms with van der Waals surface area (Å²) in [5.41, 5.74) is 0.859. The van der Waals surface area contributed by atoms with Gasteiger partial charge >= 0.3 is 0 Å². The normalized spacial score (nSPS) is 12.6. The van der Waals surface area contributed by atoms with Crippen LogP contribution in [0.15, 0.2) is 12.3 Å². The van der Waals surface area contributed by atoms with Crippen LogP contribution in [-0.4, -0.2) is 23.3 Å². The van der Waals surface area contributed by atoms with E-state index in [1.54, 1.807) is 26.3 Å². The summed E-state index contributed by atoms with van der Waals surface area (Å²) in [6.07, 6.45) is 2.60. The van der Waals surface area contributed by atoms with Gasteiger partial charge in [-0.05, 0) is 25.8 Å². The summed E-state index contributed by atoms with van der Waals surface area (Å²) >= 11 is 5.99. The van der Waals surface area contributed by atoms with Crippen molar-refractivity contribution in [1.29, 1.82) is 0 Å². The number of hydrogen-bond donors (Lipinski definition) is 1. The van der Waals surface area contributed by atoms with E-state index in [0.29, 0.717) is 23.7 Å². The first-order valence-corrected chi connectivity index (χ1v) is 4.88. The fourth-order valence-corrected chi connectivity index (χ4v) is 1.44. The fraction of sp³-hybridized carbons (Fsp3) is 0.500. The van der Waals surface area contributed by atoms with Gasteiger partial charge in [-0.25, -0.2) is 4.98 Å². The molecular formula is C10H14ClNO2. The number of pyridine rings is 1. The third kappa shape index (κ3) is 2.86. The van der Waals surface area contributed by atoms with Crippen molar-refractivity contribution >= 4 is 11.6 Å². The molecule has 3 nitrogen and oxygen atoms in total. The minimum absolute atomic E-state index is 0.337. The Morgan fingerprint density at radius 3 is 2.93 bits per heavy atom. The molecule has 78 valence electrons. The third-order valence-electron chi connectivity index (χ3n) is 1.96. The molecule has 0 saturated heterocycles. The molecule has 0 fully saturated rings. The molecule has 14 heavy (non-hydrogen) atoms. The number of nitrogens with zero attached hydrogens (tertiary/aromatic N) is 1. The molecule has 0 bridgehead atoms. The standard InChI is InChI=1S/C10H14ClNO2/c1-7(13)3-4-8-9(11)5-6-12-10(8)14-2/h5-7,13H,3-4H2,1-2H3. The van der Waals surface area contributed by atoms with Crippen LogP contribution in [0.4, 0.5) is 0 Å². The van der Waals surface area contributed by atoms with Gasteiger partial charge in [0.25, 0.3) is 0 Å². The fourth-order valence-electron chi connectivity index (χ4n) is 1.21. The molecule has 1 aromatic rings. The van der Waals surface area contributed by atoms with Crippen molar-refractivity contribution in [2.45, 2.75) is 25.9 Å². The summed E-state index contributed by atoms with van der Waals surface area (Å²) in [6, 6.07) is 1.72. The molecule has 1 atom stereocenters. The van der Waals surface area contributed by atoms with Gasteiger partial charge in [0, 0.05) is 11.8 Å². The molecule has 1 unspecified atom stereocenters. The van der Waals surface area contributed by atoms with Gasteiger partial charge in [-0.3, -0.25) is 0 Å². The number of aliphatic hydroxyl groups is 1. The minimum atomic E-state index is -0.337. The van der Waals surface area contributed by atoms with Crippen LogP contribution in [0.2, 0.25) is 5.02 Å². The Kier molecular flexibility index (Phi) is 4.17. The second-order valence-electron chi connectivity index (χ2n) is 3.17. The van der Waals surface area contributed by atoms with Crippen LogP contribution in [0.25, 0.3) is 0 Å². The molecular weight excluding hydrogens is 202 g/mol. The van der Waals surface area contributed by atoms with Crippen molar-refractivity contribution in [1.82, 2.24) is 4.98 Å². The largest absolute Gasteiger partial charge is 0.481 e. The van der Waals surface area contributed by atoms with Gasteiger partial charge in [0.05, 0.1) is 18.2 Å². The van der Waals surface area contributed by atoms with E-state index in [2.05, 4.69) is 4.98 Å². The maximum atomic E-state index is 9.16. The average molecular weight is 216 g/mol. The Balaban J connectivity index is 2.82. The zero-order valence-corrected chi connectivity index (χ0v) is 9.08. The van der Waals surface area contributed by atoms with Gasteiger partial charge in [-0.1, -0.05) is 11.6 Å². The van der Waals surface area contributed by atoms with Crippen LogP contribution in [0, 0.1) is 0 Å². The second kappa shape index (κ2) is 5.17. The highest BCUT2D eigenvalue weighted by atomic mass is 35.5. The Bertz CT molecular complexity index is 302. The van der Waals surface area contributed by atoms with E-state index in [1.165, 1.54) is 0 Å². The molecule has 1 aromatic heterocycles. The Morgan fingerprint density at radius 2 is 2.36 bits per heavy atom. The Labute approximate surface area is 88.7 Å². The smallest absolute Gasteiger partial charge is 0.217 e. The molecule has 0 aliphatic heterocycles. The highest BCUT2D eigenvalue weighted by Gasteiger charge is 2.09. The first-order chi connectivity index (χ1) is 6.65. The van der Waals surface area contributed by atoms with Crippen LogP contribution < -0.4 is 4.74 Å². The molecule has 1 N–H and O–H groups in total. The van der Waals surface area contributed by atoms with Crippen LogP contribution in [0.1, 0.15) is 18.9 Å². The van der Waals surface area contributed by atoms with Crippen molar-refractivity contribution in [3.63, 3.8) is 0 Å². The zero-order chi connectivity index (χ0) is 10.6. The Morgan fingerprint density at radius 1 is 1.64 bits per heavy atom. The van der Waals surface area contributed by atoms with Crippen molar-refractivity contribution < 1.29 is 9.84 Å². The van der Waals surface area contributed by atoms with E-state index >= 15 is 0 Å². The van der Waals surface area contributed by atoms with E-state index in [1.807, 2.05) is 0 Å². The van der Waals surface area contributed by atoms with Crippen molar-refractivity contribution in [3.8, 4) is 5.88 Å². The summed E-state index contributed by atoms with van der Waals surface area (Å²) in [5.74, 6) is 0.540. The van der Waals surface area contributed by atoms with Crippen molar-refractivity contribution in [2.24, 2.45) is 0 Å². The van der Waals surface area contributed by atoms with Crippen LogP contribution in [0.3, 0.4) is 0 Å². The topological polar surface area (TPSA) is 42.4 Å². The molecule has 0 aliphatic carbocycles. The van der Waals surface area contributed by atoms with E-state index in [4.69, 9.17) is 21.4 Å². The van der Waals surface area contributed by atoms with E-state index in [9.17, 15) is 0 Å². The maximum absolute atomic E-state index is 9.16. The first-order valence-electron chi connectivity index (χ1n) is 4.50. The number of ether oxygens (including phenoxy) is 1. The molecule has 0 radical (unpaired) electrons. The number of hydrogen-bond acceptors (Lipinski definition) is 3. The SMILES string of the molecule is COc1nccc(Cl)c1CCC(C)O. The summed E-state index contributed by atoms with van der Waals surface area (Å²) < 4.78 is 5.08. The summed E-state index contributed by atoms with van der Waals surface area (Å²) in [6.45, 7) is 1.75. The average Bonchev–Trinajstić information content (AvgIpc) is 2.15. The van der Waals surface area contributed by atoms with Gasteiger partial charge in [0.2, 0.25) is 5.88 Å². The van der Waals surface area contributed by atoms with E-state index < -0.39 is 0 Å². The number of aromatic nitrogens is 1. The number of rotatable bonds is 4. The van der Waals surface area contributed by atoms with Crippen LogP contribution in [0.5, 0.6) is 5.88 Å². The number of aliphatic hydroxyl groups excluding tert-OH is 1. The lowest BCUT2D eigenvalue weighted by Gasteiger charge is -2.09. The third-order valence-corrected chi connectivity index (χ3v) is 2.32.